The molecule has 178 valence electrons. The minimum absolute atomic E-state index is 0.0148. The number of aryl methyl sites for hydroxylation is 1. The van der Waals surface area contributed by atoms with Crippen LogP contribution in [0.15, 0.2) is 47.2 Å². The zero-order valence-corrected chi connectivity index (χ0v) is 21.4. The van der Waals surface area contributed by atoms with E-state index in [1.54, 1.807) is 6.20 Å². The Morgan fingerprint density at radius 1 is 1.19 bits per heavy atom. The van der Waals surface area contributed by atoms with Crippen LogP contribution in [0.4, 0.5) is 4.39 Å². The summed E-state index contributed by atoms with van der Waals surface area (Å²) in [5, 5.41) is 0.0694. The van der Waals surface area contributed by atoms with Gasteiger partial charge in [0.1, 0.15) is 6.26 Å². The highest BCUT2D eigenvalue weighted by atomic mass is 28.4. The van der Waals surface area contributed by atoms with E-state index in [1.807, 2.05) is 18.2 Å². The first kappa shape index (κ1) is 26.3. The lowest BCUT2D eigenvalue weighted by molar-refractivity contribution is -0.128. The molecule has 7 heteroatoms. The van der Waals surface area contributed by atoms with Crippen LogP contribution in [0.5, 0.6) is 0 Å². The number of amides is 1. The van der Waals surface area contributed by atoms with Gasteiger partial charge in [-0.05, 0) is 62.7 Å². The molecule has 2 rings (SSSR count). The molecular formula is C25H39FN2O3Si. The molecule has 3 unspecified atom stereocenters. The van der Waals surface area contributed by atoms with Crippen molar-refractivity contribution in [1.29, 1.82) is 0 Å². The molecule has 0 fully saturated rings. The van der Waals surface area contributed by atoms with E-state index < -0.39 is 19.9 Å². The van der Waals surface area contributed by atoms with E-state index in [0.717, 1.165) is 12.8 Å². The lowest BCUT2D eigenvalue weighted by Gasteiger charge is -2.40. The van der Waals surface area contributed by atoms with Gasteiger partial charge in [-0.15, -0.1) is 0 Å². The molecule has 0 saturated heterocycles. The van der Waals surface area contributed by atoms with Crippen LogP contribution in [0.1, 0.15) is 70.8 Å². The van der Waals surface area contributed by atoms with Crippen molar-refractivity contribution in [3.63, 3.8) is 0 Å². The summed E-state index contributed by atoms with van der Waals surface area (Å²) in [6.07, 6.45) is 5.89. The zero-order chi connectivity index (χ0) is 24.0. The van der Waals surface area contributed by atoms with Crippen LogP contribution in [-0.4, -0.2) is 31.0 Å². The van der Waals surface area contributed by atoms with Gasteiger partial charge < -0.3 is 14.6 Å². The normalized spacial score (nSPS) is 16.3. The first-order chi connectivity index (χ1) is 14.8. The summed E-state index contributed by atoms with van der Waals surface area (Å²) in [6.45, 7) is 12.4. The molecule has 1 aromatic heterocycles. The monoisotopic (exact) mass is 462 g/mol. The third-order valence-corrected chi connectivity index (χ3v) is 11.2. The van der Waals surface area contributed by atoms with Gasteiger partial charge in [-0.25, -0.2) is 9.37 Å². The van der Waals surface area contributed by atoms with Crippen molar-refractivity contribution in [2.75, 3.05) is 0 Å². The lowest BCUT2D eigenvalue weighted by atomic mass is 9.89. The molecule has 0 aliphatic carbocycles. The highest BCUT2D eigenvalue weighted by molar-refractivity contribution is 6.74. The second-order valence-corrected chi connectivity index (χ2v) is 15.2. The standard InChI is InChI=1S/C25H39FN2O3Si/c1-24(2,3)32(5,6)31-21(13-12-19-10-8-7-9-11-19)18-20(22-28-16-17-30-22)14-15-25(4,26)23(27)29/h7-11,16-17,20-21H,12-15,18H2,1-6H3,(H2,27,29). The van der Waals surface area contributed by atoms with Crippen molar-refractivity contribution < 1.29 is 18.0 Å². The maximum absolute atomic E-state index is 14.6. The second kappa shape index (κ2) is 10.7. The fourth-order valence-corrected chi connectivity index (χ4v) is 4.86. The maximum atomic E-state index is 14.6. The summed E-state index contributed by atoms with van der Waals surface area (Å²) in [4.78, 5) is 15.8. The molecule has 1 aromatic carbocycles. The van der Waals surface area contributed by atoms with E-state index in [2.05, 4.69) is 51.0 Å². The van der Waals surface area contributed by atoms with Crippen molar-refractivity contribution >= 4 is 14.2 Å². The van der Waals surface area contributed by atoms with Gasteiger partial charge in [0.25, 0.3) is 5.91 Å². The van der Waals surface area contributed by atoms with Crippen LogP contribution >= 0.6 is 0 Å². The summed E-state index contributed by atoms with van der Waals surface area (Å²) in [5.41, 5.74) is 4.44. The molecule has 32 heavy (non-hydrogen) atoms. The number of carbonyl (C=O) groups excluding carboxylic acids is 1. The van der Waals surface area contributed by atoms with E-state index in [9.17, 15) is 9.18 Å². The number of nitrogens with two attached hydrogens (primary N) is 1. The smallest absolute Gasteiger partial charge is 0.254 e. The van der Waals surface area contributed by atoms with E-state index in [4.69, 9.17) is 14.6 Å². The van der Waals surface area contributed by atoms with Gasteiger partial charge in [0.2, 0.25) is 0 Å². The Balaban J connectivity index is 2.22. The molecule has 1 heterocycles. The predicted octanol–water partition coefficient (Wildman–Crippen LogP) is 6.17. The number of carbonyl (C=O) groups is 1. The molecule has 0 aliphatic heterocycles. The lowest BCUT2D eigenvalue weighted by Crippen LogP contribution is -2.44. The topological polar surface area (TPSA) is 78.3 Å². The Labute approximate surface area is 193 Å². The van der Waals surface area contributed by atoms with Crippen LogP contribution in [0, 0.1) is 0 Å². The summed E-state index contributed by atoms with van der Waals surface area (Å²) >= 11 is 0. The van der Waals surface area contributed by atoms with Crippen molar-refractivity contribution in [3.05, 3.63) is 54.2 Å². The van der Waals surface area contributed by atoms with Gasteiger partial charge in [0.15, 0.2) is 19.9 Å². The fraction of sp³-hybridized carbons (Fsp3) is 0.600. The minimum atomic E-state index is -2.06. The van der Waals surface area contributed by atoms with Crippen LogP contribution < -0.4 is 5.73 Å². The van der Waals surface area contributed by atoms with E-state index in [-0.39, 0.29) is 23.5 Å². The fourth-order valence-electron chi connectivity index (χ4n) is 3.45. The Bertz CT molecular complexity index is 833. The maximum Gasteiger partial charge on any atom is 0.254 e. The molecule has 0 aliphatic rings. The third-order valence-electron chi connectivity index (χ3n) is 6.69. The number of primary amides is 1. The average Bonchev–Trinajstić information content (AvgIpc) is 3.23. The van der Waals surface area contributed by atoms with Crippen LogP contribution in [-0.2, 0) is 15.6 Å². The Kier molecular flexibility index (Phi) is 8.82. The average molecular weight is 463 g/mol. The highest BCUT2D eigenvalue weighted by Crippen LogP contribution is 2.40. The largest absolute Gasteiger partial charge is 0.449 e. The third kappa shape index (κ3) is 7.55. The van der Waals surface area contributed by atoms with Crippen molar-refractivity contribution in [1.82, 2.24) is 4.98 Å². The zero-order valence-electron chi connectivity index (χ0n) is 20.4. The van der Waals surface area contributed by atoms with Crippen molar-refractivity contribution in [2.24, 2.45) is 5.73 Å². The van der Waals surface area contributed by atoms with Crippen molar-refractivity contribution in [2.45, 2.75) is 95.6 Å². The molecule has 5 nitrogen and oxygen atoms in total. The number of hydrogen-bond donors (Lipinski definition) is 1. The Hall–Kier alpha value is -1.99. The van der Waals surface area contributed by atoms with Crippen LogP contribution in [0.2, 0.25) is 18.1 Å². The molecule has 0 bridgehead atoms. The second-order valence-electron chi connectivity index (χ2n) is 10.4. The number of alkyl halides is 1. The van der Waals surface area contributed by atoms with E-state index in [0.29, 0.717) is 18.7 Å². The quantitative estimate of drug-likeness (QED) is 0.383. The van der Waals surface area contributed by atoms with Gasteiger partial charge in [-0.1, -0.05) is 51.1 Å². The van der Waals surface area contributed by atoms with Crippen LogP contribution in [0.25, 0.3) is 0 Å². The number of oxazole rings is 1. The first-order valence-electron chi connectivity index (χ1n) is 11.4. The first-order valence-corrected chi connectivity index (χ1v) is 14.3. The number of nitrogens with zero attached hydrogens (tertiary/aromatic N) is 1. The SMILES string of the molecule is CC(F)(CCC(CC(CCc1ccccc1)O[Si](C)(C)C(C)(C)C)c1ncco1)C(N)=O. The Morgan fingerprint density at radius 3 is 2.38 bits per heavy atom. The van der Waals surface area contributed by atoms with E-state index >= 15 is 0 Å². The summed E-state index contributed by atoms with van der Waals surface area (Å²) in [5.74, 6) is -0.555. The summed E-state index contributed by atoms with van der Waals surface area (Å²) in [7, 11) is -2.03. The van der Waals surface area contributed by atoms with Gasteiger partial charge in [0.05, 0.1) is 6.20 Å². The minimum Gasteiger partial charge on any atom is -0.449 e. The highest BCUT2D eigenvalue weighted by Gasteiger charge is 2.40. The van der Waals surface area contributed by atoms with Gasteiger partial charge >= 0.3 is 0 Å². The van der Waals surface area contributed by atoms with E-state index in [1.165, 1.54) is 18.8 Å². The predicted molar refractivity (Wildman–Crippen MR) is 129 cm³/mol. The molecular weight excluding hydrogens is 423 g/mol. The molecule has 2 N–H and O–H groups in total. The Morgan fingerprint density at radius 2 is 1.84 bits per heavy atom. The number of benzene rings is 1. The number of hydrogen-bond acceptors (Lipinski definition) is 4. The van der Waals surface area contributed by atoms with Crippen LogP contribution in [0.3, 0.4) is 0 Å². The van der Waals surface area contributed by atoms with Gasteiger partial charge in [-0.3, -0.25) is 4.79 Å². The molecule has 1 amide bonds. The summed E-state index contributed by atoms with van der Waals surface area (Å²) < 4.78 is 27.0. The van der Waals surface area contributed by atoms with Gasteiger partial charge in [0, 0.05) is 12.0 Å². The van der Waals surface area contributed by atoms with Crippen molar-refractivity contribution in [3.8, 4) is 0 Å². The summed E-state index contributed by atoms with van der Waals surface area (Å²) in [6, 6.07) is 10.3. The number of halogens is 1. The molecule has 2 aromatic rings. The molecule has 0 saturated carbocycles. The number of rotatable bonds is 12. The molecule has 3 atom stereocenters. The van der Waals surface area contributed by atoms with Gasteiger partial charge in [-0.2, -0.15) is 0 Å². The molecule has 0 radical (unpaired) electrons. The molecule has 0 spiro atoms. The number of aromatic nitrogens is 1.